The molecule has 7 heteroatoms. The largest absolute Gasteiger partial charge is 0.378 e. The Morgan fingerprint density at radius 2 is 1.74 bits per heavy atom. The lowest BCUT2D eigenvalue weighted by atomic mass is 10.2. The first-order chi connectivity index (χ1) is 13.4. The molecule has 0 bridgehead atoms. The highest BCUT2D eigenvalue weighted by Gasteiger charge is 2.14. The lowest BCUT2D eigenvalue weighted by molar-refractivity contribution is 0.123. The summed E-state index contributed by atoms with van der Waals surface area (Å²) in [7, 11) is 0. The minimum Gasteiger partial charge on any atom is -0.378 e. The van der Waals surface area contributed by atoms with Gasteiger partial charge in [0, 0.05) is 25.4 Å². The van der Waals surface area contributed by atoms with Crippen molar-refractivity contribution >= 4 is 23.0 Å². The van der Waals surface area contributed by atoms with Crippen LogP contribution >= 0.6 is 0 Å². The monoisotopic (exact) mass is 362 g/mol. The number of aromatic nitrogens is 3. The van der Waals surface area contributed by atoms with Gasteiger partial charge in [0.25, 0.3) is 0 Å². The Hall–Kier alpha value is -3.19. The van der Waals surface area contributed by atoms with Gasteiger partial charge in [-0.2, -0.15) is 0 Å². The van der Waals surface area contributed by atoms with E-state index in [-0.39, 0.29) is 0 Å². The summed E-state index contributed by atoms with van der Waals surface area (Å²) in [6.45, 7) is 3.90. The lowest BCUT2D eigenvalue weighted by Crippen LogP contribution is -2.36. The summed E-state index contributed by atoms with van der Waals surface area (Å²) < 4.78 is 5.46. The number of para-hydroxylation sites is 2. The predicted molar refractivity (Wildman–Crippen MR) is 106 cm³/mol. The molecule has 7 nitrogen and oxygen atoms in total. The zero-order valence-corrected chi connectivity index (χ0v) is 15.0. The second-order valence-electron chi connectivity index (χ2n) is 6.20. The molecule has 0 atom stereocenters. The number of hydrogen-bond donors (Lipinski definition) is 2. The van der Waals surface area contributed by atoms with Crippen molar-refractivity contribution in [1.82, 2.24) is 15.0 Å². The van der Waals surface area contributed by atoms with Gasteiger partial charge >= 0.3 is 0 Å². The molecule has 1 fully saturated rings. The van der Waals surface area contributed by atoms with Crippen LogP contribution in [-0.2, 0) is 11.3 Å². The molecule has 3 aromatic rings. The number of nitrogens with one attached hydrogen (secondary N) is 2. The first-order valence-electron chi connectivity index (χ1n) is 9.03. The molecule has 2 N–H and O–H groups in total. The molecule has 27 heavy (non-hydrogen) atoms. The van der Waals surface area contributed by atoms with Gasteiger partial charge in [-0.1, -0.05) is 18.2 Å². The van der Waals surface area contributed by atoms with Crippen LogP contribution in [0.5, 0.6) is 0 Å². The van der Waals surface area contributed by atoms with Crippen molar-refractivity contribution in [1.29, 1.82) is 0 Å². The smallest absolute Gasteiger partial charge is 0.135 e. The standard InChI is InChI=1S/C20H22N6O/c1-2-7-18(26-9-11-27-12-10-26)17(6-1)25-20-13-19(23-15-24-20)22-14-16-5-3-4-8-21-16/h1-8,13,15H,9-12,14H2,(H2,22,23,24,25). The van der Waals surface area contributed by atoms with Crippen LogP contribution in [0.25, 0.3) is 0 Å². The fraction of sp³-hybridized carbons (Fsp3) is 0.250. The zero-order chi connectivity index (χ0) is 18.3. The molecular weight excluding hydrogens is 340 g/mol. The number of ether oxygens (including phenoxy) is 1. The highest BCUT2D eigenvalue weighted by atomic mass is 16.5. The first-order valence-corrected chi connectivity index (χ1v) is 9.03. The van der Waals surface area contributed by atoms with Crippen LogP contribution in [-0.4, -0.2) is 41.3 Å². The van der Waals surface area contributed by atoms with Gasteiger partial charge < -0.3 is 20.3 Å². The van der Waals surface area contributed by atoms with Gasteiger partial charge in [0.2, 0.25) is 0 Å². The molecule has 0 unspecified atom stereocenters. The molecule has 0 saturated carbocycles. The molecule has 1 aliphatic rings. The van der Waals surface area contributed by atoms with Gasteiger partial charge in [0.15, 0.2) is 0 Å². The highest BCUT2D eigenvalue weighted by Crippen LogP contribution is 2.29. The van der Waals surface area contributed by atoms with Crippen molar-refractivity contribution in [2.75, 3.05) is 41.8 Å². The van der Waals surface area contributed by atoms with E-state index in [1.165, 1.54) is 0 Å². The third-order valence-electron chi connectivity index (χ3n) is 4.36. The van der Waals surface area contributed by atoms with Gasteiger partial charge in [-0.05, 0) is 24.3 Å². The number of anilines is 4. The van der Waals surface area contributed by atoms with Gasteiger partial charge in [-0.15, -0.1) is 0 Å². The molecule has 1 aromatic carbocycles. The minimum absolute atomic E-state index is 0.613. The summed E-state index contributed by atoms with van der Waals surface area (Å²) in [5.41, 5.74) is 3.14. The van der Waals surface area contributed by atoms with E-state index < -0.39 is 0 Å². The molecule has 4 rings (SSSR count). The van der Waals surface area contributed by atoms with E-state index in [2.05, 4.69) is 48.7 Å². The Bertz CT molecular complexity index is 867. The maximum absolute atomic E-state index is 5.46. The number of benzene rings is 1. The molecule has 1 saturated heterocycles. The van der Waals surface area contributed by atoms with Crippen molar-refractivity contribution in [3.8, 4) is 0 Å². The molecule has 0 aliphatic carbocycles. The van der Waals surface area contributed by atoms with Gasteiger partial charge in [0.05, 0.1) is 36.8 Å². The predicted octanol–water partition coefficient (Wildman–Crippen LogP) is 3.06. The summed E-state index contributed by atoms with van der Waals surface area (Å²) >= 11 is 0. The molecular formula is C20H22N6O. The van der Waals surface area contributed by atoms with Crippen LogP contribution in [0.4, 0.5) is 23.0 Å². The Balaban J connectivity index is 1.47. The van der Waals surface area contributed by atoms with Crippen LogP contribution in [0.3, 0.4) is 0 Å². The third-order valence-corrected chi connectivity index (χ3v) is 4.36. The van der Waals surface area contributed by atoms with E-state index >= 15 is 0 Å². The van der Waals surface area contributed by atoms with Crippen molar-refractivity contribution in [3.05, 3.63) is 66.7 Å². The molecule has 3 heterocycles. The Kier molecular flexibility index (Phi) is 5.40. The molecule has 0 radical (unpaired) electrons. The van der Waals surface area contributed by atoms with Gasteiger partial charge in [0.1, 0.15) is 18.0 Å². The van der Waals surface area contributed by atoms with Crippen LogP contribution < -0.4 is 15.5 Å². The Morgan fingerprint density at radius 1 is 0.926 bits per heavy atom. The highest BCUT2D eigenvalue weighted by molar-refractivity contribution is 5.74. The summed E-state index contributed by atoms with van der Waals surface area (Å²) in [4.78, 5) is 15.3. The van der Waals surface area contributed by atoms with E-state index in [1.54, 1.807) is 12.5 Å². The summed E-state index contributed by atoms with van der Waals surface area (Å²) in [6.07, 6.45) is 3.34. The van der Waals surface area contributed by atoms with Crippen LogP contribution in [0.15, 0.2) is 61.1 Å². The SMILES string of the molecule is c1ccc(CNc2cc(Nc3ccccc3N3CCOCC3)ncn2)nc1. The first kappa shape index (κ1) is 17.2. The minimum atomic E-state index is 0.613. The fourth-order valence-electron chi connectivity index (χ4n) is 3.00. The Labute approximate surface area is 158 Å². The average molecular weight is 362 g/mol. The fourth-order valence-corrected chi connectivity index (χ4v) is 3.00. The maximum Gasteiger partial charge on any atom is 0.135 e. The van der Waals surface area contributed by atoms with E-state index in [4.69, 9.17) is 4.74 Å². The second kappa shape index (κ2) is 8.46. The quantitative estimate of drug-likeness (QED) is 0.698. The summed E-state index contributed by atoms with van der Waals surface area (Å²) in [5.74, 6) is 1.50. The van der Waals surface area contributed by atoms with E-state index in [1.807, 2.05) is 30.3 Å². The number of hydrogen-bond acceptors (Lipinski definition) is 7. The zero-order valence-electron chi connectivity index (χ0n) is 15.0. The van der Waals surface area contributed by atoms with Crippen molar-refractivity contribution in [2.24, 2.45) is 0 Å². The number of morpholine rings is 1. The molecule has 0 amide bonds. The topological polar surface area (TPSA) is 75.2 Å². The van der Waals surface area contributed by atoms with E-state index in [0.29, 0.717) is 6.54 Å². The maximum atomic E-state index is 5.46. The number of rotatable bonds is 6. The lowest BCUT2D eigenvalue weighted by Gasteiger charge is -2.30. The van der Waals surface area contributed by atoms with Gasteiger partial charge in [-0.25, -0.2) is 9.97 Å². The van der Waals surface area contributed by atoms with Crippen molar-refractivity contribution < 1.29 is 4.74 Å². The normalized spacial score (nSPS) is 14.0. The van der Waals surface area contributed by atoms with Crippen molar-refractivity contribution in [3.63, 3.8) is 0 Å². The van der Waals surface area contributed by atoms with Crippen LogP contribution in [0.2, 0.25) is 0 Å². The third kappa shape index (κ3) is 4.51. The second-order valence-corrected chi connectivity index (χ2v) is 6.20. The van der Waals surface area contributed by atoms with Crippen LogP contribution in [0, 0.1) is 0 Å². The average Bonchev–Trinajstić information content (AvgIpc) is 2.74. The molecule has 2 aromatic heterocycles. The number of nitrogens with zero attached hydrogens (tertiary/aromatic N) is 4. The molecule has 1 aliphatic heterocycles. The van der Waals surface area contributed by atoms with Gasteiger partial charge in [-0.3, -0.25) is 4.98 Å². The van der Waals surface area contributed by atoms with E-state index in [0.717, 1.165) is 55.0 Å². The number of pyridine rings is 1. The Morgan fingerprint density at radius 3 is 2.59 bits per heavy atom. The van der Waals surface area contributed by atoms with Crippen LogP contribution in [0.1, 0.15) is 5.69 Å². The molecule has 138 valence electrons. The van der Waals surface area contributed by atoms with Crippen molar-refractivity contribution in [2.45, 2.75) is 6.54 Å². The summed E-state index contributed by atoms with van der Waals surface area (Å²) in [6, 6.07) is 16.0. The molecule has 0 spiro atoms. The summed E-state index contributed by atoms with van der Waals surface area (Å²) in [5, 5.41) is 6.70. The van der Waals surface area contributed by atoms with E-state index in [9.17, 15) is 0 Å².